The van der Waals surface area contributed by atoms with E-state index in [9.17, 15) is 4.21 Å². The molecule has 2 heterocycles. The largest absolute Gasteiger partial charge is 0.275 e. The zero-order valence-electron chi connectivity index (χ0n) is 10.8. The van der Waals surface area contributed by atoms with Crippen LogP contribution in [0.4, 0.5) is 0 Å². The van der Waals surface area contributed by atoms with Crippen LogP contribution in [-0.4, -0.2) is 25.2 Å². The highest BCUT2D eigenvalue weighted by Crippen LogP contribution is 2.29. The molecule has 0 aliphatic carbocycles. The third-order valence-electron chi connectivity index (χ3n) is 3.13. The molecule has 2 aromatic rings. The quantitative estimate of drug-likeness (QED) is 0.682. The molecule has 1 aliphatic rings. The molecule has 0 spiro atoms. The van der Waals surface area contributed by atoms with Gasteiger partial charge in [-0.3, -0.25) is 8.78 Å². The summed E-state index contributed by atoms with van der Waals surface area (Å²) in [5, 5.41) is 8.53. The van der Waals surface area contributed by atoms with Crippen molar-refractivity contribution in [2.24, 2.45) is 0 Å². The first-order chi connectivity index (χ1) is 9.08. The number of aromatic nitrogens is 3. The van der Waals surface area contributed by atoms with Gasteiger partial charge in [0.05, 0.1) is 10.8 Å². The Morgan fingerprint density at radius 3 is 2.84 bits per heavy atom. The predicted octanol–water partition coefficient (Wildman–Crippen LogP) is 2.33. The molecule has 19 heavy (non-hydrogen) atoms. The number of rotatable bonds is 1. The molecule has 1 atom stereocenters. The second-order valence-electron chi connectivity index (χ2n) is 4.52. The standard InChI is InChI=1S/C14H13N3OS/c1-9-4-5-12-10(2)13-15-16-14(19(3)18)17(13)7-6-11(12)8-9/h4-8H,2H2,1,3H3. The van der Waals surface area contributed by atoms with E-state index in [1.165, 1.54) is 5.56 Å². The monoisotopic (exact) mass is 271 g/mol. The summed E-state index contributed by atoms with van der Waals surface area (Å²) in [5.41, 5.74) is 4.10. The van der Waals surface area contributed by atoms with E-state index < -0.39 is 10.8 Å². The van der Waals surface area contributed by atoms with Crippen LogP contribution in [0.1, 0.15) is 22.5 Å². The minimum atomic E-state index is -1.18. The molecule has 1 unspecified atom stereocenters. The molecule has 1 aromatic carbocycles. The van der Waals surface area contributed by atoms with Crippen LogP contribution in [0.2, 0.25) is 0 Å². The van der Waals surface area contributed by atoms with Crippen LogP contribution < -0.4 is 0 Å². The van der Waals surface area contributed by atoms with E-state index in [0.29, 0.717) is 11.0 Å². The maximum Gasteiger partial charge on any atom is 0.225 e. The van der Waals surface area contributed by atoms with E-state index >= 15 is 0 Å². The van der Waals surface area contributed by atoms with Crippen molar-refractivity contribution in [2.75, 3.05) is 6.26 Å². The van der Waals surface area contributed by atoms with Gasteiger partial charge in [-0.15, -0.1) is 10.2 Å². The highest BCUT2D eigenvalue weighted by atomic mass is 32.2. The van der Waals surface area contributed by atoms with Crippen molar-refractivity contribution in [3.05, 3.63) is 47.3 Å². The maximum absolute atomic E-state index is 11.6. The Hall–Kier alpha value is -2.01. The van der Waals surface area contributed by atoms with E-state index in [0.717, 1.165) is 16.7 Å². The number of fused-ring (bicyclic) bond motifs is 2. The van der Waals surface area contributed by atoms with Crippen molar-refractivity contribution in [1.82, 2.24) is 14.8 Å². The summed E-state index contributed by atoms with van der Waals surface area (Å²) in [4.78, 5) is 0. The number of hydrogen-bond acceptors (Lipinski definition) is 3. The van der Waals surface area contributed by atoms with Crippen LogP contribution in [0.25, 0.3) is 17.8 Å². The molecule has 0 radical (unpaired) electrons. The van der Waals surface area contributed by atoms with Gasteiger partial charge in [0.2, 0.25) is 5.16 Å². The van der Waals surface area contributed by atoms with Crippen LogP contribution in [0.15, 0.2) is 29.9 Å². The molecule has 4 nitrogen and oxygen atoms in total. The third-order valence-corrected chi connectivity index (χ3v) is 3.92. The SMILES string of the molecule is C=C1c2ccc(C)cc2C=Cn2c1nnc2S(C)=O. The summed E-state index contributed by atoms with van der Waals surface area (Å²) >= 11 is 0. The average molecular weight is 271 g/mol. The zero-order chi connectivity index (χ0) is 13.6. The molecule has 0 bridgehead atoms. The lowest BCUT2D eigenvalue weighted by Gasteiger charge is -2.06. The Bertz CT molecular complexity index is 743. The van der Waals surface area contributed by atoms with Crippen LogP contribution in [0, 0.1) is 6.92 Å². The van der Waals surface area contributed by atoms with Gasteiger partial charge in [0.25, 0.3) is 0 Å². The van der Waals surface area contributed by atoms with Gasteiger partial charge in [-0.05, 0) is 24.1 Å². The number of hydrogen-bond donors (Lipinski definition) is 0. The highest BCUT2D eigenvalue weighted by molar-refractivity contribution is 7.84. The Morgan fingerprint density at radius 1 is 1.32 bits per heavy atom. The van der Waals surface area contributed by atoms with Crippen molar-refractivity contribution in [3.8, 4) is 0 Å². The molecule has 96 valence electrons. The number of nitrogens with zero attached hydrogens (tertiary/aromatic N) is 3. The first-order valence-electron chi connectivity index (χ1n) is 5.85. The third kappa shape index (κ3) is 1.86. The van der Waals surface area contributed by atoms with Gasteiger partial charge in [0.15, 0.2) is 5.82 Å². The lowest BCUT2D eigenvalue weighted by Crippen LogP contribution is -2.01. The second kappa shape index (κ2) is 4.28. The summed E-state index contributed by atoms with van der Waals surface area (Å²) in [5.74, 6) is 0.643. The molecule has 0 N–H and O–H groups in total. The zero-order valence-corrected chi connectivity index (χ0v) is 11.6. The molecular weight excluding hydrogens is 258 g/mol. The van der Waals surface area contributed by atoms with E-state index in [2.05, 4.69) is 22.8 Å². The fourth-order valence-corrected chi connectivity index (χ4v) is 2.76. The topological polar surface area (TPSA) is 47.8 Å². The smallest absolute Gasteiger partial charge is 0.225 e. The van der Waals surface area contributed by atoms with Crippen LogP contribution in [0.5, 0.6) is 0 Å². The summed E-state index contributed by atoms with van der Waals surface area (Å²) in [7, 11) is -1.18. The minimum Gasteiger partial charge on any atom is -0.275 e. The van der Waals surface area contributed by atoms with Crippen molar-refractivity contribution in [3.63, 3.8) is 0 Å². The molecular formula is C14H13N3OS. The molecule has 5 heteroatoms. The van der Waals surface area contributed by atoms with Crippen LogP contribution in [0.3, 0.4) is 0 Å². The van der Waals surface area contributed by atoms with Gasteiger partial charge in [-0.2, -0.15) is 0 Å². The molecule has 0 fully saturated rings. The second-order valence-corrected chi connectivity index (χ2v) is 5.79. The van der Waals surface area contributed by atoms with E-state index in [1.807, 2.05) is 31.3 Å². The van der Waals surface area contributed by atoms with Crippen molar-refractivity contribution in [1.29, 1.82) is 0 Å². The summed E-state index contributed by atoms with van der Waals surface area (Å²) in [6, 6.07) is 6.17. The average Bonchev–Trinajstić information content (AvgIpc) is 2.74. The Labute approximate surface area is 113 Å². The van der Waals surface area contributed by atoms with Gasteiger partial charge in [0.1, 0.15) is 0 Å². The Morgan fingerprint density at radius 2 is 2.11 bits per heavy atom. The first-order valence-corrected chi connectivity index (χ1v) is 7.40. The van der Waals surface area contributed by atoms with Crippen molar-refractivity contribution >= 4 is 28.6 Å². The predicted molar refractivity (Wildman–Crippen MR) is 76.9 cm³/mol. The molecule has 1 aliphatic heterocycles. The van der Waals surface area contributed by atoms with Gasteiger partial charge in [-0.1, -0.05) is 30.3 Å². The van der Waals surface area contributed by atoms with E-state index in [1.54, 1.807) is 10.8 Å². The molecule has 3 rings (SSSR count). The van der Waals surface area contributed by atoms with Crippen LogP contribution in [-0.2, 0) is 10.8 Å². The van der Waals surface area contributed by atoms with E-state index in [4.69, 9.17) is 0 Å². The Balaban J connectivity index is 2.25. The van der Waals surface area contributed by atoms with E-state index in [-0.39, 0.29) is 0 Å². The summed E-state index contributed by atoms with van der Waals surface area (Å²) in [6.07, 6.45) is 5.42. The lowest BCUT2D eigenvalue weighted by atomic mass is 9.99. The van der Waals surface area contributed by atoms with Gasteiger partial charge < -0.3 is 0 Å². The van der Waals surface area contributed by atoms with Gasteiger partial charge in [0, 0.05) is 18.0 Å². The van der Waals surface area contributed by atoms with Crippen LogP contribution >= 0.6 is 0 Å². The normalized spacial score (nSPS) is 14.7. The fourth-order valence-electron chi connectivity index (χ4n) is 2.18. The maximum atomic E-state index is 11.6. The number of aryl methyl sites for hydroxylation is 1. The van der Waals surface area contributed by atoms with Gasteiger partial charge >= 0.3 is 0 Å². The molecule has 0 saturated carbocycles. The molecule has 1 aromatic heterocycles. The van der Waals surface area contributed by atoms with Gasteiger partial charge in [-0.25, -0.2) is 0 Å². The van der Waals surface area contributed by atoms with Crippen molar-refractivity contribution in [2.45, 2.75) is 12.1 Å². The fraction of sp³-hybridized carbons (Fsp3) is 0.143. The summed E-state index contributed by atoms with van der Waals surface area (Å²) < 4.78 is 13.4. The molecule has 0 amide bonds. The lowest BCUT2D eigenvalue weighted by molar-refractivity contribution is 0.677. The van der Waals surface area contributed by atoms with Crippen molar-refractivity contribution < 1.29 is 4.21 Å². The minimum absolute atomic E-state index is 0.442. The molecule has 0 saturated heterocycles. The number of benzene rings is 1. The highest BCUT2D eigenvalue weighted by Gasteiger charge is 2.20. The first kappa shape index (κ1) is 12.0. The summed E-state index contributed by atoms with van der Waals surface area (Å²) in [6.45, 7) is 6.15. The Kier molecular flexibility index (Phi) is 2.71.